The molecule has 1 aliphatic heterocycles. The molecule has 1 aliphatic carbocycles. The van der Waals surface area contributed by atoms with Crippen molar-refractivity contribution >= 4 is 16.3 Å². The molecule has 0 aromatic rings. The molecule has 1 atom stereocenters. The Morgan fingerprint density at radius 2 is 1.93 bits per heavy atom. The van der Waals surface area contributed by atoms with Crippen molar-refractivity contribution in [2.24, 2.45) is 5.92 Å². The summed E-state index contributed by atoms with van der Waals surface area (Å²) in [4.78, 5) is 10.6. The summed E-state index contributed by atoms with van der Waals surface area (Å²) in [6.45, 7) is 1.01. The lowest BCUT2D eigenvalue weighted by Crippen LogP contribution is -2.41. The number of carbonyl (C=O) groups excluding carboxylic acids is 1. The van der Waals surface area contributed by atoms with Crippen LogP contribution in [0.3, 0.4) is 0 Å². The Morgan fingerprint density at radius 3 is 2.50 bits per heavy atom. The summed E-state index contributed by atoms with van der Waals surface area (Å²) < 4.78 is 25.1. The van der Waals surface area contributed by atoms with E-state index in [1.807, 2.05) is 0 Å². The monoisotopic (exact) mass is 217 g/mol. The minimum atomic E-state index is -3.06. The summed E-state index contributed by atoms with van der Waals surface area (Å²) in [7, 11) is -3.06. The molecule has 0 spiro atoms. The Kier molecular flexibility index (Phi) is 2.62. The second kappa shape index (κ2) is 3.62. The van der Waals surface area contributed by atoms with E-state index < -0.39 is 10.0 Å². The molecule has 0 amide bonds. The van der Waals surface area contributed by atoms with E-state index in [-0.39, 0.29) is 11.2 Å². The van der Waals surface area contributed by atoms with Gasteiger partial charge in [0.1, 0.15) is 6.29 Å². The molecule has 0 N–H and O–H groups in total. The van der Waals surface area contributed by atoms with Gasteiger partial charge in [-0.15, -0.1) is 0 Å². The Hall–Kier alpha value is -0.420. The van der Waals surface area contributed by atoms with Crippen LogP contribution in [0.2, 0.25) is 0 Å². The number of carbonyl (C=O) groups is 1. The lowest BCUT2D eigenvalue weighted by molar-refractivity contribution is -0.112. The van der Waals surface area contributed by atoms with Gasteiger partial charge in [-0.25, -0.2) is 12.7 Å². The van der Waals surface area contributed by atoms with Crippen molar-refractivity contribution < 1.29 is 13.2 Å². The molecule has 0 aromatic carbocycles. The van der Waals surface area contributed by atoms with Gasteiger partial charge in [-0.2, -0.15) is 0 Å². The predicted octanol–water partition coefficient (Wildman–Crippen LogP) is 0.390. The minimum absolute atomic E-state index is 0.0859. The number of sulfonamides is 1. The van der Waals surface area contributed by atoms with Gasteiger partial charge in [0.15, 0.2) is 0 Å². The van der Waals surface area contributed by atoms with Crippen molar-refractivity contribution in [3.63, 3.8) is 0 Å². The van der Waals surface area contributed by atoms with Crippen molar-refractivity contribution in [3.8, 4) is 0 Å². The number of piperidine rings is 1. The highest BCUT2D eigenvalue weighted by Crippen LogP contribution is 2.32. The van der Waals surface area contributed by atoms with E-state index in [4.69, 9.17) is 0 Å². The maximum atomic E-state index is 11.8. The van der Waals surface area contributed by atoms with Crippen LogP contribution in [0.4, 0.5) is 0 Å². The largest absolute Gasteiger partial charge is 0.303 e. The van der Waals surface area contributed by atoms with Gasteiger partial charge >= 0.3 is 0 Å². The standard InChI is InChI=1S/C9H15NO3S/c11-7-8-2-1-5-10(6-8)14(12,13)9-3-4-9/h7-9H,1-6H2. The molecular formula is C9H15NO3S. The summed E-state index contributed by atoms with van der Waals surface area (Å²) in [6.07, 6.45) is 4.12. The van der Waals surface area contributed by atoms with Crippen LogP contribution in [0, 0.1) is 5.92 Å². The van der Waals surface area contributed by atoms with Crippen LogP contribution < -0.4 is 0 Å². The number of hydrogen-bond acceptors (Lipinski definition) is 3. The molecule has 2 rings (SSSR count). The fourth-order valence-corrected chi connectivity index (χ4v) is 3.83. The SMILES string of the molecule is O=CC1CCCN(S(=O)(=O)C2CC2)C1. The number of aldehydes is 1. The lowest BCUT2D eigenvalue weighted by atomic mass is 10.0. The maximum absolute atomic E-state index is 11.8. The van der Waals surface area contributed by atoms with Gasteiger partial charge in [0.25, 0.3) is 0 Å². The van der Waals surface area contributed by atoms with Crippen LogP contribution in [0.1, 0.15) is 25.7 Å². The van der Waals surface area contributed by atoms with E-state index in [0.717, 1.165) is 32.0 Å². The molecule has 14 heavy (non-hydrogen) atoms. The van der Waals surface area contributed by atoms with E-state index in [0.29, 0.717) is 13.1 Å². The zero-order valence-corrected chi connectivity index (χ0v) is 8.87. The lowest BCUT2D eigenvalue weighted by Gasteiger charge is -2.29. The number of nitrogens with zero attached hydrogens (tertiary/aromatic N) is 1. The molecule has 1 unspecified atom stereocenters. The molecule has 0 aromatic heterocycles. The number of rotatable bonds is 3. The van der Waals surface area contributed by atoms with Crippen LogP contribution in [0.25, 0.3) is 0 Å². The first-order chi connectivity index (χ1) is 6.64. The average Bonchev–Trinajstić information content (AvgIpc) is 3.01. The first-order valence-electron chi connectivity index (χ1n) is 5.09. The molecule has 1 saturated heterocycles. The number of hydrogen-bond donors (Lipinski definition) is 0. The Morgan fingerprint density at radius 1 is 1.21 bits per heavy atom. The molecule has 1 saturated carbocycles. The zero-order chi connectivity index (χ0) is 10.2. The molecule has 80 valence electrons. The minimum Gasteiger partial charge on any atom is -0.303 e. The van der Waals surface area contributed by atoms with Crippen molar-refractivity contribution in [1.29, 1.82) is 0 Å². The van der Waals surface area contributed by atoms with Gasteiger partial charge in [0.2, 0.25) is 10.0 Å². The van der Waals surface area contributed by atoms with Crippen LogP contribution in [-0.2, 0) is 14.8 Å². The van der Waals surface area contributed by atoms with E-state index in [1.54, 1.807) is 0 Å². The first kappa shape index (κ1) is 10.1. The average molecular weight is 217 g/mol. The van der Waals surface area contributed by atoms with Gasteiger partial charge in [-0.3, -0.25) is 0 Å². The second-order valence-corrected chi connectivity index (χ2v) is 6.35. The van der Waals surface area contributed by atoms with E-state index in [1.165, 1.54) is 4.31 Å². The Balaban J connectivity index is 2.06. The highest BCUT2D eigenvalue weighted by atomic mass is 32.2. The van der Waals surface area contributed by atoms with Crippen LogP contribution in [0.5, 0.6) is 0 Å². The van der Waals surface area contributed by atoms with E-state index in [2.05, 4.69) is 0 Å². The topological polar surface area (TPSA) is 54.5 Å². The van der Waals surface area contributed by atoms with Crippen molar-refractivity contribution in [2.75, 3.05) is 13.1 Å². The van der Waals surface area contributed by atoms with E-state index >= 15 is 0 Å². The fourth-order valence-electron chi connectivity index (χ4n) is 1.89. The fraction of sp³-hybridized carbons (Fsp3) is 0.889. The summed E-state index contributed by atoms with van der Waals surface area (Å²) >= 11 is 0. The van der Waals surface area contributed by atoms with Gasteiger partial charge in [-0.1, -0.05) is 0 Å². The van der Waals surface area contributed by atoms with Crippen LogP contribution in [0.15, 0.2) is 0 Å². The normalized spacial score (nSPS) is 30.1. The maximum Gasteiger partial charge on any atom is 0.217 e. The molecule has 4 nitrogen and oxygen atoms in total. The summed E-state index contributed by atoms with van der Waals surface area (Å²) in [5.74, 6) is -0.0859. The second-order valence-electron chi connectivity index (χ2n) is 4.14. The van der Waals surface area contributed by atoms with Gasteiger partial charge < -0.3 is 4.79 Å². The molecule has 1 heterocycles. The highest BCUT2D eigenvalue weighted by Gasteiger charge is 2.41. The third kappa shape index (κ3) is 1.83. The summed E-state index contributed by atoms with van der Waals surface area (Å²) in [5, 5.41) is -0.145. The van der Waals surface area contributed by atoms with Crippen molar-refractivity contribution in [3.05, 3.63) is 0 Å². The Bertz CT molecular complexity index is 321. The molecule has 2 fully saturated rings. The molecule has 5 heteroatoms. The predicted molar refractivity (Wildman–Crippen MR) is 52.3 cm³/mol. The van der Waals surface area contributed by atoms with Crippen molar-refractivity contribution in [2.45, 2.75) is 30.9 Å². The molecular weight excluding hydrogens is 202 g/mol. The highest BCUT2D eigenvalue weighted by molar-refractivity contribution is 7.90. The van der Waals surface area contributed by atoms with E-state index in [9.17, 15) is 13.2 Å². The summed E-state index contributed by atoms with van der Waals surface area (Å²) in [6, 6.07) is 0. The van der Waals surface area contributed by atoms with Gasteiger partial charge in [0, 0.05) is 19.0 Å². The molecule has 0 bridgehead atoms. The first-order valence-corrected chi connectivity index (χ1v) is 6.59. The van der Waals surface area contributed by atoms with Gasteiger partial charge in [-0.05, 0) is 25.7 Å². The smallest absolute Gasteiger partial charge is 0.217 e. The summed E-state index contributed by atoms with van der Waals surface area (Å²) in [5.41, 5.74) is 0. The Labute approximate surface area is 84.3 Å². The quantitative estimate of drug-likeness (QED) is 0.643. The third-order valence-electron chi connectivity index (χ3n) is 2.92. The molecule has 0 radical (unpaired) electrons. The van der Waals surface area contributed by atoms with Gasteiger partial charge in [0.05, 0.1) is 5.25 Å². The zero-order valence-electron chi connectivity index (χ0n) is 8.05. The van der Waals surface area contributed by atoms with Crippen LogP contribution >= 0.6 is 0 Å². The van der Waals surface area contributed by atoms with Crippen LogP contribution in [-0.4, -0.2) is 37.3 Å². The third-order valence-corrected chi connectivity index (χ3v) is 5.28. The van der Waals surface area contributed by atoms with Crippen molar-refractivity contribution in [1.82, 2.24) is 4.31 Å². The molecule has 2 aliphatic rings.